The smallest absolute Gasteiger partial charge is 0.223 e. The molecule has 4 heterocycles. The number of ether oxygens (including phenoxy) is 4. The zero-order chi connectivity index (χ0) is 27.5. The minimum Gasteiger partial charge on any atom is -0.495 e. The highest BCUT2D eigenvalue weighted by atomic mass is 35.5. The van der Waals surface area contributed by atoms with Gasteiger partial charge in [-0.2, -0.15) is 0 Å². The van der Waals surface area contributed by atoms with Crippen LogP contribution in [0.1, 0.15) is 18.5 Å². The summed E-state index contributed by atoms with van der Waals surface area (Å²) in [7, 11) is 3.06. The summed E-state index contributed by atoms with van der Waals surface area (Å²) in [6.07, 6.45) is 6.10. The number of fused-ring (bicyclic) bond motifs is 1. The first-order valence-corrected chi connectivity index (χ1v) is 13.2. The van der Waals surface area contributed by atoms with Crippen LogP contribution < -0.4 is 14.8 Å². The van der Waals surface area contributed by atoms with Crippen LogP contribution in [0.25, 0.3) is 27.7 Å². The van der Waals surface area contributed by atoms with Gasteiger partial charge in [0.15, 0.2) is 5.78 Å². The van der Waals surface area contributed by atoms with E-state index in [0.29, 0.717) is 89.2 Å². The Morgan fingerprint density at radius 2 is 1.92 bits per heavy atom. The van der Waals surface area contributed by atoms with Gasteiger partial charge in [0.05, 0.1) is 68.1 Å². The van der Waals surface area contributed by atoms with Crippen molar-refractivity contribution in [2.45, 2.75) is 18.9 Å². The van der Waals surface area contributed by atoms with Crippen LogP contribution in [-0.2, 0) is 14.3 Å². The molecule has 2 atom stereocenters. The number of hydrogen-bond donors (Lipinski definition) is 1. The minimum atomic E-state index is -0.105. The van der Waals surface area contributed by atoms with Crippen molar-refractivity contribution in [1.29, 1.82) is 0 Å². The van der Waals surface area contributed by atoms with Gasteiger partial charge in [0.1, 0.15) is 17.0 Å². The third-order valence-corrected chi connectivity index (χ3v) is 7.62. The average Bonchev–Trinajstić information content (AvgIpc) is 3.39. The Morgan fingerprint density at radius 1 is 1.15 bits per heavy atom. The summed E-state index contributed by atoms with van der Waals surface area (Å²) in [5, 5.41) is 4.75. The summed E-state index contributed by atoms with van der Waals surface area (Å²) < 4.78 is 22.1. The van der Waals surface area contributed by atoms with E-state index < -0.39 is 0 Å². The highest BCUT2D eigenvalue weighted by Crippen LogP contribution is 2.46. The maximum absolute atomic E-state index is 11.9. The third kappa shape index (κ3) is 5.58. The number of ketones is 1. The van der Waals surface area contributed by atoms with Crippen molar-refractivity contribution in [1.82, 2.24) is 15.0 Å². The van der Waals surface area contributed by atoms with Crippen molar-refractivity contribution in [3.05, 3.63) is 52.8 Å². The number of halogens is 2. The number of benzene rings is 1. The molecule has 2 aliphatic heterocycles. The molecule has 0 spiro atoms. The summed E-state index contributed by atoms with van der Waals surface area (Å²) in [5.74, 6) is 1.24. The van der Waals surface area contributed by atoms with Crippen LogP contribution in [0.15, 0.2) is 37.1 Å². The molecule has 0 bridgehead atoms. The van der Waals surface area contributed by atoms with Crippen LogP contribution in [0.5, 0.6) is 11.5 Å². The molecule has 11 heteroatoms. The fourth-order valence-corrected chi connectivity index (χ4v) is 5.47. The van der Waals surface area contributed by atoms with Crippen LogP contribution >= 0.6 is 23.2 Å². The Bertz CT molecular complexity index is 1430. The second kappa shape index (κ2) is 11.9. The van der Waals surface area contributed by atoms with Gasteiger partial charge in [0, 0.05) is 35.6 Å². The summed E-state index contributed by atoms with van der Waals surface area (Å²) in [4.78, 5) is 26.4. The van der Waals surface area contributed by atoms with E-state index in [-0.39, 0.29) is 17.7 Å². The number of rotatable bonds is 9. The van der Waals surface area contributed by atoms with Gasteiger partial charge in [-0.15, -0.1) is 0 Å². The zero-order valence-corrected chi connectivity index (χ0v) is 23.1. The lowest BCUT2D eigenvalue weighted by Crippen LogP contribution is -2.30. The van der Waals surface area contributed by atoms with Gasteiger partial charge < -0.3 is 24.3 Å². The maximum Gasteiger partial charge on any atom is 0.223 e. The molecule has 2 aromatic heterocycles. The number of allylic oxidation sites excluding steroid dienone is 1. The van der Waals surface area contributed by atoms with Gasteiger partial charge in [-0.1, -0.05) is 35.9 Å². The molecule has 39 heavy (non-hydrogen) atoms. The number of nitrogens with one attached hydrogen (secondary N) is 1. The average molecular weight is 571 g/mol. The van der Waals surface area contributed by atoms with E-state index in [4.69, 9.17) is 52.1 Å². The van der Waals surface area contributed by atoms with Crippen LogP contribution in [0.3, 0.4) is 0 Å². The number of carbonyl (C=O) groups is 1. The van der Waals surface area contributed by atoms with E-state index in [2.05, 4.69) is 16.9 Å². The Balaban J connectivity index is 1.61. The van der Waals surface area contributed by atoms with Gasteiger partial charge >= 0.3 is 0 Å². The number of pyridine rings is 1. The van der Waals surface area contributed by atoms with Gasteiger partial charge in [-0.25, -0.2) is 15.0 Å². The van der Waals surface area contributed by atoms with Crippen LogP contribution in [0.2, 0.25) is 10.0 Å². The molecule has 0 radical (unpaired) electrons. The molecule has 1 saturated heterocycles. The van der Waals surface area contributed by atoms with Crippen molar-refractivity contribution in [3.63, 3.8) is 0 Å². The van der Waals surface area contributed by atoms with Crippen molar-refractivity contribution >= 4 is 51.4 Å². The number of carbonyl (C=O) groups excluding carboxylic acids is 1. The molecule has 5 rings (SSSR count). The highest BCUT2D eigenvalue weighted by Gasteiger charge is 2.30. The molecule has 1 fully saturated rings. The molecule has 0 aliphatic carbocycles. The van der Waals surface area contributed by atoms with Crippen LogP contribution in [0, 0.1) is 5.92 Å². The lowest BCUT2D eigenvalue weighted by molar-refractivity contribution is -0.115. The Kier molecular flexibility index (Phi) is 8.32. The number of methoxy groups -OCH3 is 2. The van der Waals surface area contributed by atoms with Crippen LogP contribution in [0.4, 0.5) is 5.95 Å². The standard InChI is InChI=1S/C28H28Cl2N4O5/c1-4-18(35)9-17-13-39-14-20(17)33-28-31-12-16-10-19(23-24(29)21(36-2)11-22(37-3)25(23)30)32-26(27(16)34-28)15-5-7-38-8-6-15/h4-5,10-12,17,20H,1,6-9,13-14H2,2-3H3,(H,31,33,34)/t17-,20+/m0/s1. The SMILES string of the molecule is C=CC(=O)C[C@H]1COC[C@H]1Nc1ncc2cc(-c3c(Cl)c(OC)cc(OC)c3Cl)nc(C3=CCOCC3)c2n1. The zero-order valence-electron chi connectivity index (χ0n) is 21.6. The highest BCUT2D eigenvalue weighted by molar-refractivity contribution is 6.41. The van der Waals surface area contributed by atoms with Crippen molar-refractivity contribution in [2.75, 3.05) is 46.0 Å². The molecule has 204 valence electrons. The molecule has 3 aromatic rings. The summed E-state index contributed by atoms with van der Waals surface area (Å²) in [6.45, 7) is 5.56. The molecule has 0 unspecified atom stereocenters. The Labute approximate surface area is 236 Å². The van der Waals surface area contributed by atoms with Gasteiger partial charge in [-0.3, -0.25) is 4.79 Å². The molecule has 1 aromatic carbocycles. The lowest BCUT2D eigenvalue weighted by atomic mass is 9.97. The first-order valence-electron chi connectivity index (χ1n) is 12.5. The largest absolute Gasteiger partial charge is 0.495 e. The monoisotopic (exact) mass is 570 g/mol. The molecule has 0 saturated carbocycles. The molecular formula is C28H28Cl2N4O5. The van der Waals surface area contributed by atoms with Gasteiger partial charge in [0.25, 0.3) is 0 Å². The fraction of sp³-hybridized carbons (Fsp3) is 0.357. The summed E-state index contributed by atoms with van der Waals surface area (Å²) in [6, 6.07) is 3.38. The van der Waals surface area contributed by atoms with E-state index in [1.165, 1.54) is 20.3 Å². The molecular weight excluding hydrogens is 543 g/mol. The molecule has 9 nitrogen and oxygen atoms in total. The van der Waals surface area contributed by atoms with E-state index in [9.17, 15) is 4.79 Å². The van der Waals surface area contributed by atoms with E-state index in [0.717, 1.165) is 11.0 Å². The van der Waals surface area contributed by atoms with E-state index in [1.807, 2.05) is 12.1 Å². The predicted octanol–water partition coefficient (Wildman–Crippen LogP) is 5.39. The Morgan fingerprint density at radius 3 is 2.59 bits per heavy atom. The molecule has 0 amide bonds. The number of hydrogen-bond acceptors (Lipinski definition) is 9. The summed E-state index contributed by atoms with van der Waals surface area (Å²) in [5.41, 5.74) is 3.38. The topological polar surface area (TPSA) is 105 Å². The Hall–Kier alpha value is -3.24. The van der Waals surface area contributed by atoms with Crippen LogP contribution in [-0.4, -0.2) is 67.4 Å². The second-order valence-electron chi connectivity index (χ2n) is 9.25. The quantitative estimate of drug-likeness (QED) is 0.339. The van der Waals surface area contributed by atoms with E-state index in [1.54, 1.807) is 12.3 Å². The lowest BCUT2D eigenvalue weighted by Gasteiger charge is -2.20. The molecule has 2 aliphatic rings. The third-order valence-electron chi connectivity index (χ3n) is 6.87. The second-order valence-corrected chi connectivity index (χ2v) is 10.0. The minimum absolute atomic E-state index is 0.000273. The van der Waals surface area contributed by atoms with Crippen molar-refractivity contribution < 1.29 is 23.7 Å². The first-order chi connectivity index (χ1) is 18.9. The number of anilines is 1. The van der Waals surface area contributed by atoms with Gasteiger partial charge in [-0.05, 0) is 24.1 Å². The van der Waals surface area contributed by atoms with Gasteiger partial charge in [0.2, 0.25) is 5.95 Å². The van der Waals surface area contributed by atoms with Crippen molar-refractivity contribution in [2.24, 2.45) is 5.92 Å². The predicted molar refractivity (Wildman–Crippen MR) is 151 cm³/mol. The fourth-order valence-electron chi connectivity index (χ4n) is 4.78. The normalized spacial score (nSPS) is 19.0. The van der Waals surface area contributed by atoms with Crippen molar-refractivity contribution in [3.8, 4) is 22.8 Å². The maximum atomic E-state index is 11.9. The first kappa shape index (κ1) is 27.3. The van der Waals surface area contributed by atoms with E-state index >= 15 is 0 Å². The number of nitrogens with zero attached hydrogens (tertiary/aromatic N) is 3. The summed E-state index contributed by atoms with van der Waals surface area (Å²) >= 11 is 13.4. The number of aromatic nitrogens is 3. The molecule has 1 N–H and O–H groups in total.